The number of hydrogen-bond acceptors (Lipinski definition) is 5. The van der Waals surface area contributed by atoms with Gasteiger partial charge in [-0.2, -0.15) is 0 Å². The lowest BCUT2D eigenvalue weighted by Gasteiger charge is -2.00. The second kappa shape index (κ2) is 4.71. The van der Waals surface area contributed by atoms with Crippen LogP contribution in [0.15, 0.2) is 29.8 Å². The summed E-state index contributed by atoms with van der Waals surface area (Å²) in [6.45, 7) is 0.535. The summed E-state index contributed by atoms with van der Waals surface area (Å²) in [6.07, 6.45) is 1.71. The standard InChI is InChI=1S/C10H9N3O2S/c14-9(15)8-6-16-10(13-8)12-5-7-3-1-2-4-11-7/h1-4,6H,5H2,(H,12,13)(H,14,15). The molecule has 2 heterocycles. The molecule has 2 rings (SSSR count). The number of rotatable bonds is 4. The Labute approximate surface area is 95.8 Å². The number of carboxylic acid groups (broad SMARTS) is 1. The highest BCUT2D eigenvalue weighted by atomic mass is 32.1. The second-order valence-corrected chi connectivity index (χ2v) is 3.88. The summed E-state index contributed by atoms with van der Waals surface area (Å²) in [5, 5.41) is 13.8. The van der Waals surface area contributed by atoms with Crippen molar-refractivity contribution in [3.8, 4) is 0 Å². The average molecular weight is 235 g/mol. The fourth-order valence-corrected chi connectivity index (χ4v) is 1.81. The van der Waals surface area contributed by atoms with E-state index in [1.165, 1.54) is 16.7 Å². The normalized spacial score (nSPS) is 10.0. The van der Waals surface area contributed by atoms with E-state index in [-0.39, 0.29) is 5.69 Å². The molecule has 5 nitrogen and oxygen atoms in total. The van der Waals surface area contributed by atoms with Crippen molar-refractivity contribution in [2.24, 2.45) is 0 Å². The maximum absolute atomic E-state index is 10.6. The van der Waals surface area contributed by atoms with Gasteiger partial charge in [-0.15, -0.1) is 11.3 Å². The third kappa shape index (κ3) is 2.54. The summed E-state index contributed by atoms with van der Waals surface area (Å²) in [5.74, 6) is -1.01. The fourth-order valence-electron chi connectivity index (χ4n) is 1.12. The molecule has 16 heavy (non-hydrogen) atoms. The van der Waals surface area contributed by atoms with Crippen LogP contribution in [0.1, 0.15) is 16.2 Å². The molecule has 2 N–H and O–H groups in total. The Kier molecular flexibility index (Phi) is 3.11. The highest BCUT2D eigenvalue weighted by Crippen LogP contribution is 2.15. The summed E-state index contributed by atoms with van der Waals surface area (Å²) in [5.41, 5.74) is 0.947. The molecule has 0 saturated heterocycles. The molecule has 0 atom stereocenters. The van der Waals surface area contributed by atoms with E-state index in [1.807, 2.05) is 18.2 Å². The van der Waals surface area contributed by atoms with Crippen LogP contribution in [0, 0.1) is 0 Å². The number of hydrogen-bond donors (Lipinski definition) is 2. The summed E-state index contributed by atoms with van der Waals surface area (Å²) >= 11 is 1.27. The van der Waals surface area contributed by atoms with Gasteiger partial charge < -0.3 is 10.4 Å². The molecule has 0 spiro atoms. The fraction of sp³-hybridized carbons (Fsp3) is 0.100. The van der Waals surface area contributed by atoms with Gasteiger partial charge in [-0.3, -0.25) is 4.98 Å². The number of nitrogens with one attached hydrogen (secondary N) is 1. The van der Waals surface area contributed by atoms with Crippen molar-refractivity contribution in [3.63, 3.8) is 0 Å². The van der Waals surface area contributed by atoms with Gasteiger partial charge in [0.15, 0.2) is 10.8 Å². The van der Waals surface area contributed by atoms with Crippen LogP contribution >= 0.6 is 11.3 Å². The number of aromatic carboxylic acids is 1. The van der Waals surface area contributed by atoms with Crippen molar-refractivity contribution < 1.29 is 9.90 Å². The van der Waals surface area contributed by atoms with Crippen molar-refractivity contribution in [2.75, 3.05) is 5.32 Å². The molecule has 0 saturated carbocycles. The summed E-state index contributed by atoms with van der Waals surface area (Å²) < 4.78 is 0. The molecule has 6 heteroatoms. The third-order valence-corrected chi connectivity index (χ3v) is 2.67. The molecule has 2 aromatic heterocycles. The lowest BCUT2D eigenvalue weighted by atomic mass is 10.3. The van der Waals surface area contributed by atoms with Crippen LogP contribution < -0.4 is 5.32 Å². The zero-order chi connectivity index (χ0) is 11.4. The van der Waals surface area contributed by atoms with Gasteiger partial charge >= 0.3 is 5.97 Å². The second-order valence-electron chi connectivity index (χ2n) is 3.02. The lowest BCUT2D eigenvalue weighted by Crippen LogP contribution is -2.02. The summed E-state index contributed by atoms with van der Waals surface area (Å²) in [7, 11) is 0. The van der Waals surface area contributed by atoms with Crippen molar-refractivity contribution in [1.82, 2.24) is 9.97 Å². The quantitative estimate of drug-likeness (QED) is 0.845. The molecule has 0 radical (unpaired) electrons. The first-order valence-corrected chi connectivity index (χ1v) is 5.46. The van der Waals surface area contributed by atoms with Crippen molar-refractivity contribution in [1.29, 1.82) is 0 Å². The predicted molar refractivity (Wildman–Crippen MR) is 60.6 cm³/mol. The van der Waals surface area contributed by atoms with E-state index >= 15 is 0 Å². The number of nitrogens with zero attached hydrogens (tertiary/aromatic N) is 2. The zero-order valence-electron chi connectivity index (χ0n) is 8.25. The largest absolute Gasteiger partial charge is 0.476 e. The molecule has 0 bridgehead atoms. The Hall–Kier alpha value is -1.95. The SMILES string of the molecule is O=C(O)c1csc(NCc2ccccn2)n1. The van der Waals surface area contributed by atoms with Gasteiger partial charge in [0, 0.05) is 11.6 Å². The Morgan fingerprint density at radius 1 is 1.50 bits per heavy atom. The predicted octanol–water partition coefficient (Wildman–Crippen LogP) is 1.85. The van der Waals surface area contributed by atoms with Crippen molar-refractivity contribution in [2.45, 2.75) is 6.54 Å². The van der Waals surface area contributed by atoms with Crippen LogP contribution in [0.2, 0.25) is 0 Å². The monoisotopic (exact) mass is 235 g/mol. The van der Waals surface area contributed by atoms with Crippen molar-refractivity contribution in [3.05, 3.63) is 41.2 Å². The lowest BCUT2D eigenvalue weighted by molar-refractivity contribution is 0.0691. The van der Waals surface area contributed by atoms with Gasteiger partial charge in [0.05, 0.1) is 12.2 Å². The van der Waals surface area contributed by atoms with Crippen LogP contribution in [0.4, 0.5) is 5.13 Å². The molecule has 0 amide bonds. The molecular formula is C10H9N3O2S. The summed E-state index contributed by atoms with van der Waals surface area (Å²) in [4.78, 5) is 18.6. The Morgan fingerprint density at radius 2 is 2.38 bits per heavy atom. The first-order valence-electron chi connectivity index (χ1n) is 4.58. The minimum Gasteiger partial charge on any atom is -0.476 e. The third-order valence-electron chi connectivity index (χ3n) is 1.87. The van der Waals surface area contributed by atoms with E-state index in [0.29, 0.717) is 11.7 Å². The number of thiazole rings is 1. The van der Waals surface area contributed by atoms with Gasteiger partial charge in [0.1, 0.15) is 0 Å². The molecule has 0 unspecified atom stereocenters. The molecule has 82 valence electrons. The first kappa shape index (κ1) is 10.6. The zero-order valence-corrected chi connectivity index (χ0v) is 9.07. The van der Waals surface area contributed by atoms with Gasteiger partial charge in [0.25, 0.3) is 0 Å². The maximum Gasteiger partial charge on any atom is 0.355 e. The number of pyridine rings is 1. The van der Waals surface area contributed by atoms with E-state index in [1.54, 1.807) is 6.20 Å². The molecule has 0 aromatic carbocycles. The van der Waals surface area contributed by atoms with E-state index < -0.39 is 5.97 Å². The topological polar surface area (TPSA) is 75.1 Å². The first-order chi connectivity index (χ1) is 7.75. The van der Waals surface area contributed by atoms with Crippen LogP contribution in [-0.2, 0) is 6.54 Å². The Morgan fingerprint density at radius 3 is 3.00 bits per heavy atom. The number of carbonyl (C=O) groups is 1. The summed E-state index contributed by atoms with van der Waals surface area (Å²) in [6, 6.07) is 5.63. The van der Waals surface area contributed by atoms with Gasteiger partial charge in [-0.05, 0) is 12.1 Å². The number of aromatic nitrogens is 2. The van der Waals surface area contributed by atoms with Gasteiger partial charge in [0.2, 0.25) is 0 Å². The van der Waals surface area contributed by atoms with Gasteiger partial charge in [-0.25, -0.2) is 9.78 Å². The minimum atomic E-state index is -1.01. The number of carboxylic acids is 1. The Bertz CT molecular complexity index is 484. The Balaban J connectivity index is 1.97. The average Bonchev–Trinajstić information content (AvgIpc) is 2.76. The highest BCUT2D eigenvalue weighted by Gasteiger charge is 2.07. The van der Waals surface area contributed by atoms with Crippen LogP contribution in [0.5, 0.6) is 0 Å². The van der Waals surface area contributed by atoms with Crippen LogP contribution in [0.3, 0.4) is 0 Å². The van der Waals surface area contributed by atoms with Crippen LogP contribution in [-0.4, -0.2) is 21.0 Å². The van der Waals surface area contributed by atoms with E-state index in [4.69, 9.17) is 5.11 Å². The highest BCUT2D eigenvalue weighted by molar-refractivity contribution is 7.13. The van der Waals surface area contributed by atoms with Crippen LogP contribution in [0.25, 0.3) is 0 Å². The van der Waals surface area contributed by atoms with E-state index in [0.717, 1.165) is 5.69 Å². The molecule has 0 fully saturated rings. The van der Waals surface area contributed by atoms with Gasteiger partial charge in [-0.1, -0.05) is 6.07 Å². The van der Waals surface area contributed by atoms with Crippen molar-refractivity contribution >= 4 is 22.4 Å². The van der Waals surface area contributed by atoms with E-state index in [9.17, 15) is 4.79 Å². The maximum atomic E-state index is 10.6. The minimum absolute atomic E-state index is 0.0634. The smallest absolute Gasteiger partial charge is 0.355 e. The molecular weight excluding hydrogens is 226 g/mol. The molecule has 2 aromatic rings. The molecule has 0 aliphatic carbocycles. The number of anilines is 1. The molecule has 0 aliphatic heterocycles. The van der Waals surface area contributed by atoms with E-state index in [2.05, 4.69) is 15.3 Å². The molecule has 0 aliphatic rings.